The van der Waals surface area contributed by atoms with Crippen molar-refractivity contribution >= 4 is 31.1 Å². The second kappa shape index (κ2) is 8.13. The number of pyridine rings is 1. The molecule has 0 saturated carbocycles. The fourth-order valence-electron chi connectivity index (χ4n) is 3.91. The van der Waals surface area contributed by atoms with Crippen molar-refractivity contribution in [3.63, 3.8) is 0 Å². The molecule has 0 unspecified atom stereocenters. The average Bonchev–Trinajstić information content (AvgIpc) is 2.73. The Bertz CT molecular complexity index is 1140. The zero-order valence-electron chi connectivity index (χ0n) is 17.2. The Morgan fingerprint density at radius 2 is 1.40 bits per heavy atom. The van der Waals surface area contributed by atoms with Crippen LogP contribution >= 0.6 is 0 Å². The highest BCUT2D eigenvalue weighted by Crippen LogP contribution is 2.26. The Hall–Kier alpha value is -1.63. The number of fused-ring (bicyclic) bond motifs is 1. The van der Waals surface area contributed by atoms with Crippen LogP contribution in [0.25, 0.3) is 10.9 Å². The van der Waals surface area contributed by atoms with Gasteiger partial charge in [0.25, 0.3) is 10.2 Å². The van der Waals surface area contributed by atoms with Gasteiger partial charge in [-0.05, 0) is 31.7 Å². The van der Waals surface area contributed by atoms with E-state index in [1.807, 2.05) is 26.1 Å². The van der Waals surface area contributed by atoms with Crippen LogP contribution in [0.3, 0.4) is 0 Å². The Labute approximate surface area is 178 Å². The van der Waals surface area contributed by atoms with Gasteiger partial charge in [0.15, 0.2) is 0 Å². The lowest BCUT2D eigenvalue weighted by Gasteiger charge is -2.38. The smallest absolute Gasteiger partial charge is 0.282 e. The normalized spacial score (nSPS) is 21.3. The van der Waals surface area contributed by atoms with Crippen molar-refractivity contribution in [1.29, 1.82) is 0 Å². The number of hydrogen-bond donors (Lipinski definition) is 0. The van der Waals surface area contributed by atoms with Crippen molar-refractivity contribution in [2.45, 2.75) is 11.8 Å². The molecule has 9 nitrogen and oxygen atoms in total. The molecule has 0 radical (unpaired) electrons. The summed E-state index contributed by atoms with van der Waals surface area (Å²) in [4.78, 5) is 6.60. The number of nitrogens with zero attached hydrogens (tertiary/aromatic N) is 5. The predicted octanol–water partition coefficient (Wildman–Crippen LogP) is 0.342. The quantitative estimate of drug-likeness (QED) is 0.663. The van der Waals surface area contributed by atoms with Gasteiger partial charge in [-0.25, -0.2) is 8.42 Å². The minimum absolute atomic E-state index is 0.123. The highest BCUT2D eigenvalue weighted by molar-refractivity contribution is 7.89. The first-order valence-electron chi connectivity index (χ1n) is 9.99. The van der Waals surface area contributed by atoms with Crippen LogP contribution < -0.4 is 0 Å². The van der Waals surface area contributed by atoms with Crippen LogP contribution in [0, 0.1) is 6.92 Å². The third-order valence-corrected chi connectivity index (χ3v) is 9.71. The van der Waals surface area contributed by atoms with Crippen LogP contribution in [-0.4, -0.2) is 99.0 Å². The second-order valence-electron chi connectivity index (χ2n) is 7.85. The number of likely N-dealkylation sites (N-methyl/N-ethyl adjacent to an activating group) is 1. The molecule has 0 atom stereocenters. The van der Waals surface area contributed by atoms with Crippen LogP contribution in [0.15, 0.2) is 35.4 Å². The second-order valence-corrected chi connectivity index (χ2v) is 11.7. The Morgan fingerprint density at radius 3 is 2.03 bits per heavy atom. The third-order valence-electron chi connectivity index (χ3n) is 5.74. The monoisotopic (exact) mass is 453 g/mol. The topological polar surface area (TPSA) is 94.1 Å². The maximum absolute atomic E-state index is 13.3. The molecule has 2 aliphatic heterocycles. The number of hydrogen-bond acceptors (Lipinski definition) is 6. The van der Waals surface area contributed by atoms with Gasteiger partial charge in [-0.15, -0.1) is 0 Å². The molecule has 11 heteroatoms. The van der Waals surface area contributed by atoms with Gasteiger partial charge in [0, 0.05) is 63.9 Å². The summed E-state index contributed by atoms with van der Waals surface area (Å²) in [6, 6.07) is 7.02. The number of piperazine rings is 2. The van der Waals surface area contributed by atoms with Crippen LogP contribution in [0.1, 0.15) is 5.56 Å². The molecule has 0 N–H and O–H groups in total. The molecule has 30 heavy (non-hydrogen) atoms. The van der Waals surface area contributed by atoms with Crippen molar-refractivity contribution in [2.75, 3.05) is 59.4 Å². The largest absolute Gasteiger partial charge is 0.304 e. The van der Waals surface area contributed by atoms with Crippen molar-refractivity contribution in [1.82, 2.24) is 22.8 Å². The standard InChI is InChI=1S/C19H27N5O4S2/c1-16-14-17-4-3-5-18(19(17)20-15-16)29(25,26)22-10-12-24(13-11-22)30(27,28)23-8-6-21(2)7-9-23/h3-5,14-15H,6-13H2,1-2H3. The highest BCUT2D eigenvalue weighted by Gasteiger charge is 2.37. The Balaban J connectivity index is 1.51. The number of para-hydroxylation sites is 1. The van der Waals surface area contributed by atoms with Crippen molar-refractivity contribution in [3.05, 3.63) is 36.0 Å². The van der Waals surface area contributed by atoms with E-state index in [0.29, 0.717) is 31.7 Å². The van der Waals surface area contributed by atoms with E-state index >= 15 is 0 Å². The number of aromatic nitrogens is 1. The molecular weight excluding hydrogens is 426 g/mol. The van der Waals surface area contributed by atoms with Gasteiger partial charge < -0.3 is 4.90 Å². The third kappa shape index (κ3) is 3.97. The summed E-state index contributed by atoms with van der Waals surface area (Å²) < 4.78 is 56.7. The van der Waals surface area contributed by atoms with Gasteiger partial charge in [0.2, 0.25) is 10.0 Å². The van der Waals surface area contributed by atoms with Crippen molar-refractivity contribution < 1.29 is 16.8 Å². The fraction of sp³-hybridized carbons (Fsp3) is 0.526. The van der Waals surface area contributed by atoms with E-state index in [-0.39, 0.29) is 31.1 Å². The van der Waals surface area contributed by atoms with Gasteiger partial charge in [0.1, 0.15) is 4.90 Å². The molecule has 0 amide bonds. The van der Waals surface area contributed by atoms with Crippen molar-refractivity contribution in [3.8, 4) is 0 Å². The van der Waals surface area contributed by atoms with Crippen LogP contribution in [-0.2, 0) is 20.2 Å². The summed E-state index contributed by atoms with van der Waals surface area (Å²) in [5.41, 5.74) is 1.40. The maximum Gasteiger partial charge on any atom is 0.282 e. The molecule has 2 aromatic rings. The summed E-state index contributed by atoms with van der Waals surface area (Å²) >= 11 is 0. The minimum atomic E-state index is -3.77. The van der Waals surface area contributed by atoms with Crippen LogP contribution in [0.4, 0.5) is 0 Å². The summed E-state index contributed by atoms with van der Waals surface area (Å²) in [5, 5.41) is 0.771. The summed E-state index contributed by atoms with van der Waals surface area (Å²) in [5.74, 6) is 0. The molecule has 1 aromatic carbocycles. The SMILES string of the molecule is Cc1cnc2c(S(=O)(=O)N3CCN(S(=O)(=O)N4CCN(C)CC4)CC3)cccc2c1. The zero-order valence-corrected chi connectivity index (χ0v) is 18.9. The van der Waals surface area contributed by atoms with Crippen LogP contribution in [0.5, 0.6) is 0 Å². The van der Waals surface area contributed by atoms with E-state index < -0.39 is 20.2 Å². The van der Waals surface area contributed by atoms with Crippen LogP contribution in [0.2, 0.25) is 0 Å². The molecule has 3 heterocycles. The number of benzene rings is 1. The molecule has 0 aliphatic carbocycles. The molecular formula is C19H27N5O4S2. The van der Waals surface area contributed by atoms with Gasteiger partial charge in [0.05, 0.1) is 5.52 Å². The fourth-order valence-corrected chi connectivity index (χ4v) is 7.08. The molecule has 2 aliphatic rings. The molecule has 4 rings (SSSR count). The first kappa shape index (κ1) is 21.6. The summed E-state index contributed by atoms with van der Waals surface area (Å²) in [6.45, 7) is 4.75. The van der Waals surface area contributed by atoms with E-state index in [2.05, 4.69) is 9.88 Å². The highest BCUT2D eigenvalue weighted by atomic mass is 32.2. The van der Waals surface area contributed by atoms with Gasteiger partial charge >= 0.3 is 0 Å². The Kier molecular flexibility index (Phi) is 5.86. The zero-order chi connectivity index (χ0) is 21.5. The van der Waals surface area contributed by atoms with Crippen molar-refractivity contribution in [2.24, 2.45) is 0 Å². The number of sulfonamides is 1. The molecule has 2 fully saturated rings. The summed E-state index contributed by atoms with van der Waals surface area (Å²) in [6.07, 6.45) is 1.65. The molecule has 1 aromatic heterocycles. The molecule has 0 spiro atoms. The maximum atomic E-state index is 13.3. The van der Waals surface area contributed by atoms with E-state index in [0.717, 1.165) is 10.9 Å². The first-order chi connectivity index (χ1) is 14.2. The van der Waals surface area contributed by atoms with Gasteiger partial charge in [-0.3, -0.25) is 4.98 Å². The first-order valence-corrected chi connectivity index (χ1v) is 12.8. The molecule has 2 saturated heterocycles. The number of rotatable bonds is 4. The van der Waals surface area contributed by atoms with Gasteiger partial charge in [-0.1, -0.05) is 12.1 Å². The van der Waals surface area contributed by atoms with Gasteiger partial charge in [-0.2, -0.15) is 21.3 Å². The van der Waals surface area contributed by atoms with E-state index in [1.54, 1.807) is 18.3 Å². The lowest BCUT2D eigenvalue weighted by molar-refractivity contribution is 0.201. The molecule has 164 valence electrons. The van der Waals surface area contributed by atoms with E-state index in [1.165, 1.54) is 12.9 Å². The average molecular weight is 454 g/mol. The minimum Gasteiger partial charge on any atom is -0.304 e. The number of aryl methyl sites for hydroxylation is 1. The summed E-state index contributed by atoms with van der Waals surface area (Å²) in [7, 11) is -5.38. The Morgan fingerprint density at radius 1 is 0.833 bits per heavy atom. The lowest BCUT2D eigenvalue weighted by atomic mass is 10.2. The van der Waals surface area contributed by atoms with E-state index in [4.69, 9.17) is 0 Å². The molecule has 0 bridgehead atoms. The lowest BCUT2D eigenvalue weighted by Crippen LogP contribution is -2.57. The predicted molar refractivity (Wildman–Crippen MR) is 115 cm³/mol. The van der Waals surface area contributed by atoms with E-state index in [9.17, 15) is 16.8 Å².